The number of aryl methyl sites for hydroxylation is 1. The van der Waals surface area contributed by atoms with Gasteiger partial charge in [-0.05, 0) is 11.6 Å². The first-order chi connectivity index (χ1) is 8.20. The molecule has 0 aliphatic carbocycles. The average Bonchev–Trinajstić information content (AvgIpc) is 2.73. The molecular weight excluding hydrogens is 302 g/mol. The van der Waals surface area contributed by atoms with E-state index in [1.807, 2.05) is 31.4 Å². The molecule has 0 spiro atoms. The van der Waals surface area contributed by atoms with Crippen molar-refractivity contribution in [1.82, 2.24) is 15.0 Å². The molecule has 5 heteroatoms. The van der Waals surface area contributed by atoms with Crippen molar-refractivity contribution in [3.05, 3.63) is 46.2 Å². The lowest BCUT2D eigenvalue weighted by Gasteiger charge is -2.14. The molecule has 1 unspecified atom stereocenters. The normalized spacial score (nSPS) is 12.6. The Morgan fingerprint density at radius 1 is 1.41 bits per heavy atom. The minimum absolute atomic E-state index is 0.254. The zero-order chi connectivity index (χ0) is 12.3. The number of benzene rings is 1. The van der Waals surface area contributed by atoms with Crippen molar-refractivity contribution >= 4 is 27.5 Å². The molecule has 1 heterocycles. The van der Waals surface area contributed by atoms with Gasteiger partial charge < -0.3 is 0 Å². The number of aromatic nitrogens is 3. The number of hydrogen-bond acceptors (Lipinski definition) is 2. The standard InChI is InChI=1S/C12H13BrClN3/c1-17-8-10(15-16-17)6-9(7-14)11-4-2-3-5-12(11)13/h2-5,8-9H,6-7H2,1H3. The van der Waals surface area contributed by atoms with Crippen LogP contribution in [0.5, 0.6) is 0 Å². The number of rotatable bonds is 4. The Kier molecular flexibility index (Phi) is 4.18. The minimum atomic E-state index is 0.254. The molecule has 0 saturated heterocycles. The van der Waals surface area contributed by atoms with Gasteiger partial charge in [-0.15, -0.1) is 16.7 Å². The van der Waals surface area contributed by atoms with E-state index in [0.29, 0.717) is 5.88 Å². The van der Waals surface area contributed by atoms with Crippen LogP contribution in [-0.4, -0.2) is 20.9 Å². The third-order valence-electron chi connectivity index (χ3n) is 2.64. The van der Waals surface area contributed by atoms with Crippen molar-refractivity contribution in [3.8, 4) is 0 Å². The highest BCUT2D eigenvalue weighted by Gasteiger charge is 2.15. The molecule has 1 aromatic carbocycles. The van der Waals surface area contributed by atoms with Crippen LogP contribution in [0.2, 0.25) is 0 Å². The van der Waals surface area contributed by atoms with Gasteiger partial charge in [0.2, 0.25) is 0 Å². The predicted molar refractivity (Wildman–Crippen MR) is 72.3 cm³/mol. The predicted octanol–water partition coefficient (Wildman–Crippen LogP) is 3.14. The largest absolute Gasteiger partial charge is 0.255 e. The van der Waals surface area contributed by atoms with Gasteiger partial charge in [0.15, 0.2) is 0 Å². The van der Waals surface area contributed by atoms with E-state index in [2.05, 4.69) is 32.3 Å². The van der Waals surface area contributed by atoms with Crippen LogP contribution in [-0.2, 0) is 13.5 Å². The monoisotopic (exact) mass is 313 g/mol. The summed E-state index contributed by atoms with van der Waals surface area (Å²) in [6.07, 6.45) is 2.73. The van der Waals surface area contributed by atoms with Crippen molar-refractivity contribution in [2.45, 2.75) is 12.3 Å². The average molecular weight is 315 g/mol. The number of alkyl halides is 1. The maximum absolute atomic E-state index is 6.05. The van der Waals surface area contributed by atoms with Gasteiger partial charge in [-0.3, -0.25) is 4.68 Å². The van der Waals surface area contributed by atoms with Gasteiger partial charge in [-0.2, -0.15) is 0 Å². The van der Waals surface area contributed by atoms with E-state index in [9.17, 15) is 0 Å². The second kappa shape index (κ2) is 5.65. The minimum Gasteiger partial charge on any atom is -0.255 e. The lowest BCUT2D eigenvalue weighted by atomic mass is 9.96. The van der Waals surface area contributed by atoms with Crippen LogP contribution in [0.25, 0.3) is 0 Å². The summed E-state index contributed by atoms with van der Waals surface area (Å²) in [6.45, 7) is 0. The molecule has 0 amide bonds. The smallest absolute Gasteiger partial charge is 0.0833 e. The first kappa shape index (κ1) is 12.6. The van der Waals surface area contributed by atoms with Gasteiger partial charge in [-0.1, -0.05) is 39.3 Å². The molecule has 0 N–H and O–H groups in total. The van der Waals surface area contributed by atoms with Crippen LogP contribution >= 0.6 is 27.5 Å². The first-order valence-electron chi connectivity index (χ1n) is 5.36. The van der Waals surface area contributed by atoms with Crippen LogP contribution in [0.4, 0.5) is 0 Å². The third kappa shape index (κ3) is 3.07. The molecule has 1 atom stereocenters. The van der Waals surface area contributed by atoms with Crippen LogP contribution in [0.1, 0.15) is 17.2 Å². The molecule has 90 valence electrons. The lowest BCUT2D eigenvalue weighted by Crippen LogP contribution is -2.06. The summed E-state index contributed by atoms with van der Waals surface area (Å²) in [5.74, 6) is 0.822. The Hall–Kier alpha value is -0.870. The highest BCUT2D eigenvalue weighted by Crippen LogP contribution is 2.28. The van der Waals surface area contributed by atoms with Crippen molar-refractivity contribution < 1.29 is 0 Å². The number of halogens is 2. The molecule has 1 aromatic heterocycles. The summed E-state index contributed by atoms with van der Waals surface area (Å²) in [6, 6.07) is 8.15. The Balaban J connectivity index is 2.20. The molecule has 2 rings (SSSR count). The van der Waals surface area contributed by atoms with E-state index < -0.39 is 0 Å². The number of hydrogen-bond donors (Lipinski definition) is 0. The highest BCUT2D eigenvalue weighted by atomic mass is 79.9. The number of nitrogens with zero attached hydrogens (tertiary/aromatic N) is 3. The molecule has 17 heavy (non-hydrogen) atoms. The summed E-state index contributed by atoms with van der Waals surface area (Å²) < 4.78 is 2.80. The quantitative estimate of drug-likeness (QED) is 0.812. The highest BCUT2D eigenvalue weighted by molar-refractivity contribution is 9.10. The van der Waals surface area contributed by atoms with Gasteiger partial charge in [0.25, 0.3) is 0 Å². The fraction of sp³-hybridized carbons (Fsp3) is 0.333. The molecule has 2 aromatic rings. The summed E-state index contributed by atoms with van der Waals surface area (Å²) in [4.78, 5) is 0. The molecule has 0 radical (unpaired) electrons. The maximum atomic E-state index is 6.05. The van der Waals surface area contributed by atoms with Crippen molar-refractivity contribution in [1.29, 1.82) is 0 Å². The fourth-order valence-electron chi connectivity index (χ4n) is 1.80. The molecule has 0 saturated carbocycles. The van der Waals surface area contributed by atoms with Gasteiger partial charge in [0.05, 0.1) is 5.69 Å². The Morgan fingerprint density at radius 2 is 2.18 bits per heavy atom. The van der Waals surface area contributed by atoms with Crippen molar-refractivity contribution in [3.63, 3.8) is 0 Å². The zero-order valence-corrected chi connectivity index (χ0v) is 11.8. The Morgan fingerprint density at radius 3 is 2.76 bits per heavy atom. The Bertz CT molecular complexity index is 498. The van der Waals surface area contributed by atoms with E-state index in [1.165, 1.54) is 5.56 Å². The zero-order valence-electron chi connectivity index (χ0n) is 9.48. The topological polar surface area (TPSA) is 30.7 Å². The van der Waals surface area contributed by atoms with Crippen LogP contribution in [0.15, 0.2) is 34.9 Å². The van der Waals surface area contributed by atoms with Crippen molar-refractivity contribution in [2.24, 2.45) is 7.05 Å². The summed E-state index contributed by atoms with van der Waals surface area (Å²) in [5, 5.41) is 8.03. The van der Waals surface area contributed by atoms with Crippen molar-refractivity contribution in [2.75, 3.05) is 5.88 Å². The molecule has 0 fully saturated rings. The molecular formula is C12H13BrClN3. The first-order valence-corrected chi connectivity index (χ1v) is 6.69. The third-order valence-corrected chi connectivity index (χ3v) is 3.73. The van der Waals surface area contributed by atoms with Gasteiger partial charge in [0.1, 0.15) is 0 Å². The van der Waals surface area contributed by atoms with Gasteiger partial charge in [0, 0.05) is 35.9 Å². The SMILES string of the molecule is Cn1cc(CC(CCl)c2ccccc2Br)nn1. The fourth-order valence-corrected chi connectivity index (χ4v) is 2.68. The molecule has 3 nitrogen and oxygen atoms in total. The van der Waals surface area contributed by atoms with Crippen LogP contribution in [0, 0.1) is 0 Å². The van der Waals surface area contributed by atoms with Crippen LogP contribution in [0.3, 0.4) is 0 Å². The second-order valence-electron chi connectivity index (χ2n) is 3.96. The van der Waals surface area contributed by atoms with E-state index in [4.69, 9.17) is 11.6 Å². The molecule has 0 aliphatic heterocycles. The summed E-state index contributed by atoms with van der Waals surface area (Å²) in [5.41, 5.74) is 2.18. The maximum Gasteiger partial charge on any atom is 0.0833 e. The summed E-state index contributed by atoms with van der Waals surface area (Å²) in [7, 11) is 1.87. The van der Waals surface area contributed by atoms with E-state index >= 15 is 0 Å². The summed E-state index contributed by atoms with van der Waals surface area (Å²) >= 11 is 9.61. The van der Waals surface area contributed by atoms with E-state index in [-0.39, 0.29) is 5.92 Å². The lowest BCUT2D eigenvalue weighted by molar-refractivity contribution is 0.706. The van der Waals surface area contributed by atoms with Gasteiger partial charge >= 0.3 is 0 Å². The van der Waals surface area contributed by atoms with Gasteiger partial charge in [-0.25, -0.2) is 0 Å². The Labute approximate surface area is 114 Å². The van der Waals surface area contributed by atoms with Crippen LogP contribution < -0.4 is 0 Å². The molecule has 0 aliphatic rings. The molecule has 0 bridgehead atoms. The second-order valence-corrected chi connectivity index (χ2v) is 5.12. The van der Waals surface area contributed by atoms with E-state index in [0.717, 1.165) is 16.6 Å². The van der Waals surface area contributed by atoms with E-state index in [1.54, 1.807) is 4.68 Å².